The number of aromatic hydroxyl groups is 1. The summed E-state index contributed by atoms with van der Waals surface area (Å²) in [7, 11) is 1.45. The van der Waals surface area contributed by atoms with Crippen LogP contribution in [0.3, 0.4) is 0 Å². The summed E-state index contributed by atoms with van der Waals surface area (Å²) in [5.41, 5.74) is 0.740. The quantitative estimate of drug-likeness (QED) is 0.0649. The van der Waals surface area contributed by atoms with Gasteiger partial charge in [0.2, 0.25) is 0 Å². The van der Waals surface area contributed by atoms with Crippen LogP contribution < -0.4 is 4.74 Å². The molecule has 0 aliphatic heterocycles. The van der Waals surface area contributed by atoms with Gasteiger partial charge < -0.3 is 9.84 Å². The molecular weight excluding hydrogens is 544 g/mol. The van der Waals surface area contributed by atoms with Crippen LogP contribution in [0.25, 0.3) is 0 Å². The Morgan fingerprint density at radius 3 is 1.32 bits per heavy atom. The Kier molecular flexibility index (Phi) is 26.1. The SMILES string of the molecule is CCCCCCCCCCCCCCCC(=O)[C]c1ccc(O)c(OC)c1C(=O)CCCCCCCCCCCCCCC. The van der Waals surface area contributed by atoms with E-state index in [2.05, 4.69) is 20.3 Å². The number of hydrogen-bond donors (Lipinski definition) is 1. The topological polar surface area (TPSA) is 63.6 Å². The number of benzene rings is 1. The summed E-state index contributed by atoms with van der Waals surface area (Å²) in [6, 6.07) is 3.11. The Labute approximate surface area is 272 Å². The molecule has 0 atom stereocenters. The molecule has 4 nitrogen and oxygen atoms in total. The lowest BCUT2D eigenvalue weighted by Crippen LogP contribution is -2.10. The van der Waals surface area contributed by atoms with E-state index in [1.807, 2.05) is 0 Å². The third-order valence-corrected chi connectivity index (χ3v) is 8.91. The highest BCUT2D eigenvalue weighted by atomic mass is 16.5. The molecule has 4 heteroatoms. The van der Waals surface area contributed by atoms with E-state index in [-0.39, 0.29) is 23.1 Å². The van der Waals surface area contributed by atoms with Gasteiger partial charge in [0.25, 0.3) is 0 Å². The highest BCUT2D eigenvalue weighted by molar-refractivity contribution is 6.04. The van der Waals surface area contributed by atoms with Gasteiger partial charge >= 0.3 is 0 Å². The van der Waals surface area contributed by atoms with Gasteiger partial charge in [0.05, 0.1) is 19.1 Å². The number of unbranched alkanes of at least 4 members (excludes halogenated alkanes) is 24. The van der Waals surface area contributed by atoms with Crippen LogP contribution in [0.5, 0.6) is 11.5 Å². The molecule has 0 aromatic heterocycles. The van der Waals surface area contributed by atoms with Gasteiger partial charge in [-0.25, -0.2) is 0 Å². The summed E-state index contributed by atoms with van der Waals surface area (Å²) < 4.78 is 5.40. The number of ether oxygens (including phenoxy) is 1. The largest absolute Gasteiger partial charge is 0.504 e. The minimum absolute atomic E-state index is 0.0734. The molecule has 1 N–H and O–H groups in total. The minimum Gasteiger partial charge on any atom is -0.504 e. The monoisotopic (exact) mass is 613 g/mol. The Bertz CT molecular complexity index is 846. The number of carbonyl (C=O) groups excluding carboxylic acids is 2. The van der Waals surface area contributed by atoms with E-state index >= 15 is 0 Å². The zero-order valence-electron chi connectivity index (χ0n) is 29.1. The summed E-state index contributed by atoms with van der Waals surface area (Å²) in [6.07, 6.45) is 36.6. The van der Waals surface area contributed by atoms with Crippen molar-refractivity contribution in [1.82, 2.24) is 0 Å². The molecule has 1 aromatic carbocycles. The molecule has 0 fully saturated rings. The lowest BCUT2D eigenvalue weighted by molar-refractivity contribution is -0.115. The second-order valence-electron chi connectivity index (χ2n) is 13.0. The van der Waals surface area contributed by atoms with Gasteiger partial charge in [-0.15, -0.1) is 0 Å². The summed E-state index contributed by atoms with van der Waals surface area (Å²) in [4.78, 5) is 26.0. The summed E-state index contributed by atoms with van der Waals surface area (Å²) in [5.74, 6) is -0.0907. The molecule has 0 saturated heterocycles. The fourth-order valence-corrected chi connectivity index (χ4v) is 6.10. The molecule has 0 amide bonds. The third-order valence-electron chi connectivity index (χ3n) is 8.91. The van der Waals surface area contributed by atoms with E-state index in [9.17, 15) is 14.7 Å². The first-order chi connectivity index (χ1) is 21.5. The number of ketones is 2. The molecular formula is C40H68O4. The van der Waals surface area contributed by atoms with Gasteiger partial charge in [-0.1, -0.05) is 174 Å². The second kappa shape index (κ2) is 28.6. The Morgan fingerprint density at radius 2 is 0.932 bits per heavy atom. The first-order valence-corrected chi connectivity index (χ1v) is 18.8. The predicted octanol–water partition coefficient (Wildman–Crippen LogP) is 12.5. The number of Topliss-reactive ketones (excluding diaryl/α,β-unsaturated/α-hetero) is 2. The number of carbonyl (C=O) groups is 2. The fraction of sp³-hybridized carbons (Fsp3) is 0.775. The molecule has 44 heavy (non-hydrogen) atoms. The fourth-order valence-electron chi connectivity index (χ4n) is 6.10. The lowest BCUT2D eigenvalue weighted by Gasteiger charge is -2.14. The zero-order chi connectivity index (χ0) is 32.1. The van der Waals surface area contributed by atoms with Gasteiger partial charge in [-0.3, -0.25) is 9.59 Å². The van der Waals surface area contributed by atoms with Crippen molar-refractivity contribution >= 4 is 11.6 Å². The van der Waals surface area contributed by atoms with E-state index in [1.165, 1.54) is 148 Å². The van der Waals surface area contributed by atoms with E-state index < -0.39 is 0 Å². The third kappa shape index (κ3) is 20.2. The van der Waals surface area contributed by atoms with Gasteiger partial charge in [0.15, 0.2) is 17.3 Å². The van der Waals surface area contributed by atoms with Crippen molar-refractivity contribution in [2.75, 3.05) is 7.11 Å². The number of phenolic OH excluding ortho intramolecular Hbond substituents is 1. The smallest absolute Gasteiger partial charge is 0.171 e. The second-order valence-corrected chi connectivity index (χ2v) is 13.0. The molecule has 0 saturated carbocycles. The molecule has 1 rings (SSSR count). The number of phenols is 1. The van der Waals surface area contributed by atoms with Crippen LogP contribution in [-0.4, -0.2) is 23.8 Å². The Morgan fingerprint density at radius 1 is 0.568 bits per heavy atom. The van der Waals surface area contributed by atoms with E-state index in [1.54, 1.807) is 6.07 Å². The van der Waals surface area contributed by atoms with Gasteiger partial charge in [0, 0.05) is 12.8 Å². The van der Waals surface area contributed by atoms with Crippen molar-refractivity contribution in [2.45, 2.75) is 194 Å². The van der Waals surface area contributed by atoms with Crippen LogP contribution in [0.2, 0.25) is 0 Å². The van der Waals surface area contributed by atoms with Crippen LogP contribution >= 0.6 is 0 Å². The highest BCUT2D eigenvalue weighted by Gasteiger charge is 2.22. The van der Waals surface area contributed by atoms with Crippen LogP contribution in [-0.2, 0) is 4.79 Å². The van der Waals surface area contributed by atoms with Crippen molar-refractivity contribution in [3.8, 4) is 11.5 Å². The van der Waals surface area contributed by atoms with Gasteiger partial charge in [-0.05, 0) is 24.5 Å². The minimum atomic E-state index is -0.0872. The molecule has 252 valence electrons. The van der Waals surface area contributed by atoms with E-state index in [0.717, 1.165) is 32.1 Å². The summed E-state index contributed by atoms with van der Waals surface area (Å²) in [5, 5.41) is 10.3. The number of hydrogen-bond acceptors (Lipinski definition) is 4. The first-order valence-electron chi connectivity index (χ1n) is 18.8. The molecule has 0 unspecified atom stereocenters. The molecule has 1 aromatic rings. The summed E-state index contributed by atoms with van der Waals surface area (Å²) in [6.45, 7) is 4.53. The van der Waals surface area contributed by atoms with Crippen LogP contribution in [0.4, 0.5) is 0 Å². The van der Waals surface area contributed by atoms with Gasteiger partial charge in [0.1, 0.15) is 5.78 Å². The normalized spacial score (nSPS) is 11.2. The zero-order valence-corrected chi connectivity index (χ0v) is 29.1. The maximum Gasteiger partial charge on any atom is 0.171 e. The highest BCUT2D eigenvalue weighted by Crippen LogP contribution is 2.35. The number of methoxy groups -OCH3 is 1. The number of rotatable bonds is 32. The summed E-state index contributed by atoms with van der Waals surface area (Å²) >= 11 is 0. The maximum absolute atomic E-state index is 13.2. The molecule has 0 bridgehead atoms. The Hall–Kier alpha value is -1.84. The van der Waals surface area contributed by atoms with E-state index in [0.29, 0.717) is 24.0 Å². The molecule has 0 spiro atoms. The standard InChI is InChI=1S/C40H68O4/c1-4-6-8-10-12-14-16-18-20-22-24-26-28-30-36(41)34-35-32-33-38(43)40(44-3)39(35)37(42)31-29-27-25-23-21-19-17-15-13-11-9-7-5-2/h32-33,43H,4-31H2,1-3H3. The average Bonchev–Trinajstić information content (AvgIpc) is 3.02. The van der Waals surface area contributed by atoms with E-state index in [4.69, 9.17) is 4.74 Å². The van der Waals surface area contributed by atoms with Crippen molar-refractivity contribution in [3.63, 3.8) is 0 Å². The predicted molar refractivity (Wildman–Crippen MR) is 187 cm³/mol. The van der Waals surface area contributed by atoms with Crippen molar-refractivity contribution in [1.29, 1.82) is 0 Å². The van der Waals surface area contributed by atoms with Crippen molar-refractivity contribution in [3.05, 3.63) is 29.7 Å². The molecule has 0 heterocycles. The van der Waals surface area contributed by atoms with Crippen LogP contribution in [0.15, 0.2) is 12.1 Å². The van der Waals surface area contributed by atoms with Crippen molar-refractivity contribution < 1.29 is 19.4 Å². The van der Waals surface area contributed by atoms with Gasteiger partial charge in [-0.2, -0.15) is 0 Å². The lowest BCUT2D eigenvalue weighted by atomic mass is 9.93. The first kappa shape index (κ1) is 40.2. The van der Waals surface area contributed by atoms with Crippen molar-refractivity contribution in [2.24, 2.45) is 0 Å². The van der Waals surface area contributed by atoms with Crippen LogP contribution in [0, 0.1) is 6.42 Å². The van der Waals surface area contributed by atoms with Crippen LogP contribution in [0.1, 0.15) is 210 Å². The maximum atomic E-state index is 13.2. The molecule has 2 radical (unpaired) electrons. The average molecular weight is 613 g/mol. The molecule has 0 aliphatic rings. The Balaban J connectivity index is 2.28. The molecule has 0 aliphatic carbocycles.